The molecular weight excluding hydrogens is 192 g/mol. The largest absolute Gasteiger partial charge is 0.483 e. The van der Waals surface area contributed by atoms with Crippen LogP contribution in [0.25, 0.3) is 6.08 Å². The van der Waals surface area contributed by atoms with Gasteiger partial charge >= 0.3 is 0 Å². The summed E-state index contributed by atoms with van der Waals surface area (Å²) in [6.07, 6.45) is 4.76. The third kappa shape index (κ3) is 4.19. The Labute approximate surface area is 90.4 Å². The molecule has 74 valence electrons. The molecule has 0 unspecified atom stereocenters. The molecule has 0 atom stereocenters. The lowest BCUT2D eigenvalue weighted by Gasteiger charge is -2.00. The second-order valence-corrected chi connectivity index (χ2v) is 3.31. The fourth-order valence-electron chi connectivity index (χ4n) is 0.979. The van der Waals surface area contributed by atoms with Gasteiger partial charge in [-0.05, 0) is 30.3 Å². The molecule has 0 saturated heterocycles. The van der Waals surface area contributed by atoms with Crippen molar-refractivity contribution in [1.82, 2.24) is 0 Å². The maximum Gasteiger partial charge on any atom is 0.183 e. The number of hydrogen-bond acceptors (Lipinski definition) is 2. The highest BCUT2D eigenvalue weighted by Gasteiger charge is 1.89. The van der Waals surface area contributed by atoms with Crippen LogP contribution in [-0.2, 0) is 4.74 Å². The van der Waals surface area contributed by atoms with E-state index in [1.54, 1.807) is 0 Å². The van der Waals surface area contributed by atoms with Crippen molar-refractivity contribution >= 4 is 23.3 Å². The summed E-state index contributed by atoms with van der Waals surface area (Å²) in [6, 6.07) is 10.0. The molecule has 2 heteroatoms. The molecule has 0 N–H and O–H groups in total. The number of benzene rings is 1. The number of rotatable bonds is 4. The first-order valence-corrected chi connectivity index (χ1v) is 5.13. The molecule has 0 bridgehead atoms. The van der Waals surface area contributed by atoms with Crippen molar-refractivity contribution in [3.63, 3.8) is 0 Å². The van der Waals surface area contributed by atoms with Crippen LogP contribution < -0.4 is 0 Å². The van der Waals surface area contributed by atoms with Gasteiger partial charge in [-0.15, -0.1) is 0 Å². The van der Waals surface area contributed by atoms with Crippen molar-refractivity contribution in [2.75, 3.05) is 6.61 Å². The van der Waals surface area contributed by atoms with E-state index in [9.17, 15) is 0 Å². The van der Waals surface area contributed by atoms with Crippen LogP contribution in [0.1, 0.15) is 18.9 Å². The first kappa shape index (κ1) is 10.9. The van der Waals surface area contributed by atoms with Crippen LogP contribution >= 0.6 is 12.2 Å². The lowest BCUT2D eigenvalue weighted by atomic mass is 10.2. The van der Waals surface area contributed by atoms with Gasteiger partial charge in [0.1, 0.15) is 0 Å². The molecule has 0 fully saturated rings. The Kier molecular flexibility index (Phi) is 4.94. The molecule has 0 heterocycles. The fraction of sp³-hybridized carbons (Fsp3) is 0.250. The first-order chi connectivity index (χ1) is 6.83. The third-order valence-corrected chi connectivity index (χ3v) is 1.91. The number of hydrogen-bond donors (Lipinski definition) is 0. The third-order valence-electron chi connectivity index (χ3n) is 1.66. The molecule has 1 aromatic carbocycles. The quantitative estimate of drug-likeness (QED) is 0.551. The molecule has 1 nitrogen and oxygen atoms in total. The van der Waals surface area contributed by atoms with Gasteiger partial charge in [-0.2, -0.15) is 0 Å². The molecule has 0 aliphatic heterocycles. The number of ether oxygens (including phenoxy) is 1. The van der Waals surface area contributed by atoms with Crippen LogP contribution in [0.5, 0.6) is 0 Å². The van der Waals surface area contributed by atoms with Crippen molar-refractivity contribution < 1.29 is 4.74 Å². The van der Waals surface area contributed by atoms with E-state index in [4.69, 9.17) is 17.0 Å². The summed E-state index contributed by atoms with van der Waals surface area (Å²) in [5, 5.41) is 0.552. The van der Waals surface area contributed by atoms with Gasteiger partial charge < -0.3 is 4.74 Å². The molecule has 0 aromatic heterocycles. The van der Waals surface area contributed by atoms with Gasteiger partial charge in [0, 0.05) is 0 Å². The summed E-state index contributed by atoms with van der Waals surface area (Å²) in [5.41, 5.74) is 1.13. The minimum atomic E-state index is 0.552. The average molecular weight is 206 g/mol. The topological polar surface area (TPSA) is 9.23 Å². The zero-order valence-corrected chi connectivity index (χ0v) is 9.09. The van der Waals surface area contributed by atoms with Gasteiger partial charge in [-0.25, -0.2) is 0 Å². The Bertz CT molecular complexity index is 303. The van der Waals surface area contributed by atoms with E-state index < -0.39 is 0 Å². The summed E-state index contributed by atoms with van der Waals surface area (Å²) in [4.78, 5) is 0. The van der Waals surface area contributed by atoms with Crippen LogP contribution in [-0.4, -0.2) is 11.7 Å². The smallest absolute Gasteiger partial charge is 0.183 e. The normalized spacial score (nSPS) is 10.4. The van der Waals surface area contributed by atoms with Gasteiger partial charge in [0.2, 0.25) is 0 Å². The van der Waals surface area contributed by atoms with Crippen molar-refractivity contribution in [2.45, 2.75) is 13.3 Å². The lowest BCUT2D eigenvalue weighted by molar-refractivity contribution is 0.315. The molecule has 1 rings (SSSR count). The summed E-state index contributed by atoms with van der Waals surface area (Å²) >= 11 is 5.01. The zero-order valence-electron chi connectivity index (χ0n) is 8.27. The zero-order chi connectivity index (χ0) is 10.2. The average Bonchev–Trinajstić information content (AvgIpc) is 2.25. The highest BCUT2D eigenvalue weighted by Crippen LogP contribution is 2.01. The summed E-state index contributed by atoms with van der Waals surface area (Å²) in [7, 11) is 0. The van der Waals surface area contributed by atoms with Crippen LogP contribution in [0.15, 0.2) is 36.4 Å². The standard InChI is InChI=1S/C12H14OS/c1-2-10-13-12(14)9-8-11-6-4-3-5-7-11/h3-9H,2,10H2,1H3. The van der Waals surface area contributed by atoms with Gasteiger partial charge in [-0.3, -0.25) is 0 Å². The Morgan fingerprint density at radius 2 is 2.07 bits per heavy atom. The second kappa shape index (κ2) is 6.33. The Balaban J connectivity index is 2.44. The van der Waals surface area contributed by atoms with Crippen LogP contribution in [0, 0.1) is 0 Å². The van der Waals surface area contributed by atoms with Crippen molar-refractivity contribution in [2.24, 2.45) is 0 Å². The highest BCUT2D eigenvalue weighted by atomic mass is 32.1. The molecule has 14 heavy (non-hydrogen) atoms. The summed E-state index contributed by atoms with van der Waals surface area (Å²) in [5.74, 6) is 0. The Morgan fingerprint density at radius 1 is 1.36 bits per heavy atom. The first-order valence-electron chi connectivity index (χ1n) is 4.73. The molecule has 0 aliphatic carbocycles. The molecule has 1 aromatic rings. The van der Waals surface area contributed by atoms with Crippen LogP contribution in [0.3, 0.4) is 0 Å². The molecule has 0 radical (unpaired) electrons. The maximum atomic E-state index is 5.26. The van der Waals surface area contributed by atoms with Gasteiger partial charge in [0.25, 0.3) is 0 Å². The predicted molar refractivity (Wildman–Crippen MR) is 64.3 cm³/mol. The SMILES string of the molecule is CCCOC(=S)C=Cc1ccccc1. The van der Waals surface area contributed by atoms with E-state index in [1.165, 1.54) is 0 Å². The van der Waals surface area contributed by atoms with E-state index >= 15 is 0 Å². The van der Waals surface area contributed by atoms with E-state index in [-0.39, 0.29) is 0 Å². The van der Waals surface area contributed by atoms with E-state index in [0.29, 0.717) is 11.7 Å². The minimum Gasteiger partial charge on any atom is -0.483 e. The summed E-state index contributed by atoms with van der Waals surface area (Å²) in [6.45, 7) is 2.75. The van der Waals surface area contributed by atoms with E-state index in [0.717, 1.165) is 12.0 Å². The molecule has 0 spiro atoms. The van der Waals surface area contributed by atoms with Crippen LogP contribution in [0.4, 0.5) is 0 Å². The lowest BCUT2D eigenvalue weighted by Crippen LogP contribution is -1.98. The Hall–Kier alpha value is -1.15. The molecule has 0 saturated carbocycles. The van der Waals surface area contributed by atoms with Crippen molar-refractivity contribution in [3.05, 3.63) is 42.0 Å². The predicted octanol–water partition coefficient (Wildman–Crippen LogP) is 3.45. The van der Waals surface area contributed by atoms with Crippen molar-refractivity contribution in [1.29, 1.82) is 0 Å². The van der Waals surface area contributed by atoms with Gasteiger partial charge in [-0.1, -0.05) is 43.3 Å². The van der Waals surface area contributed by atoms with Crippen molar-refractivity contribution in [3.8, 4) is 0 Å². The van der Waals surface area contributed by atoms with Crippen LogP contribution in [0.2, 0.25) is 0 Å². The minimum absolute atomic E-state index is 0.552. The maximum absolute atomic E-state index is 5.26. The fourth-order valence-corrected chi connectivity index (χ4v) is 1.13. The summed E-state index contributed by atoms with van der Waals surface area (Å²) < 4.78 is 5.26. The highest BCUT2D eigenvalue weighted by molar-refractivity contribution is 7.80. The van der Waals surface area contributed by atoms with E-state index in [2.05, 4.69) is 6.92 Å². The second-order valence-electron chi connectivity index (χ2n) is 2.91. The molecule has 0 amide bonds. The van der Waals surface area contributed by atoms with E-state index in [1.807, 2.05) is 42.5 Å². The van der Waals surface area contributed by atoms with Gasteiger partial charge in [0.15, 0.2) is 5.05 Å². The van der Waals surface area contributed by atoms with Gasteiger partial charge in [0.05, 0.1) is 6.61 Å². The number of thiocarbonyl (C=S) groups is 1. The monoisotopic (exact) mass is 206 g/mol. The molecule has 0 aliphatic rings. The Morgan fingerprint density at radius 3 is 2.71 bits per heavy atom. The molecular formula is C12H14OS.